The van der Waals surface area contributed by atoms with Crippen LogP contribution in [0.2, 0.25) is 0 Å². The molecule has 180 valence electrons. The largest absolute Gasteiger partial charge is 0.416 e. The average molecular weight is 481 g/mol. The molecule has 4 nitrogen and oxygen atoms in total. The highest BCUT2D eigenvalue weighted by Crippen LogP contribution is 2.49. The number of piperidine rings is 1. The molecule has 1 fully saturated rings. The molecule has 0 spiro atoms. The Morgan fingerprint density at radius 3 is 2.42 bits per heavy atom. The summed E-state index contributed by atoms with van der Waals surface area (Å²) in [5, 5.41) is 9.67. The number of rotatable bonds is 7. The van der Waals surface area contributed by atoms with Gasteiger partial charge >= 0.3 is 6.18 Å². The maximum absolute atomic E-state index is 13.4. The summed E-state index contributed by atoms with van der Waals surface area (Å²) in [4.78, 5) is 6.33. The van der Waals surface area contributed by atoms with E-state index in [4.69, 9.17) is 4.74 Å². The number of anilines is 2. The van der Waals surface area contributed by atoms with Crippen molar-refractivity contribution < 1.29 is 23.0 Å². The first kappa shape index (κ1) is 24.4. The molecule has 1 atom stereocenters. The first-order valence-electron chi connectivity index (χ1n) is 11.5. The van der Waals surface area contributed by atoms with Crippen LogP contribution in [0.15, 0.2) is 52.3 Å². The second kappa shape index (κ2) is 9.86. The Morgan fingerprint density at radius 1 is 1.06 bits per heavy atom. The summed E-state index contributed by atoms with van der Waals surface area (Å²) in [5.74, 6) is 0. The molecule has 1 N–H and O–H groups in total. The van der Waals surface area contributed by atoms with Crippen LogP contribution in [0.25, 0.3) is 0 Å². The van der Waals surface area contributed by atoms with E-state index in [1.807, 2.05) is 29.2 Å². The quantitative estimate of drug-likeness (QED) is 0.471. The van der Waals surface area contributed by atoms with Crippen LogP contribution >= 0.6 is 11.8 Å². The van der Waals surface area contributed by atoms with Crippen LogP contribution in [0, 0.1) is 0 Å². The monoisotopic (exact) mass is 480 g/mol. The first-order chi connectivity index (χ1) is 15.7. The summed E-state index contributed by atoms with van der Waals surface area (Å²) in [6.07, 6.45) is -1.69. The number of para-hydroxylation sites is 1. The molecular formula is C25H31F3N2O2S. The zero-order valence-electron chi connectivity index (χ0n) is 19.1. The van der Waals surface area contributed by atoms with E-state index >= 15 is 0 Å². The van der Waals surface area contributed by atoms with Gasteiger partial charge in [-0.25, -0.2) is 0 Å². The van der Waals surface area contributed by atoms with Crippen LogP contribution in [0.4, 0.5) is 24.5 Å². The molecule has 2 aliphatic rings. The van der Waals surface area contributed by atoms with E-state index in [0.717, 1.165) is 60.8 Å². The lowest BCUT2D eigenvalue weighted by atomic mass is 9.88. The molecule has 2 heterocycles. The van der Waals surface area contributed by atoms with E-state index in [1.165, 1.54) is 23.9 Å². The van der Waals surface area contributed by atoms with Gasteiger partial charge < -0.3 is 19.6 Å². The van der Waals surface area contributed by atoms with Gasteiger partial charge in [-0.15, -0.1) is 0 Å². The highest BCUT2D eigenvalue weighted by atomic mass is 32.2. The van der Waals surface area contributed by atoms with Crippen molar-refractivity contribution in [1.82, 2.24) is 4.90 Å². The number of aliphatic hydroxyl groups is 1. The molecule has 0 bridgehead atoms. The molecule has 0 aromatic heterocycles. The maximum Gasteiger partial charge on any atom is 0.416 e. The number of likely N-dealkylation sites (tertiary alicyclic amines) is 1. The van der Waals surface area contributed by atoms with Gasteiger partial charge in [-0.1, -0.05) is 30.8 Å². The number of fused-ring (bicyclic) bond motifs is 2. The molecule has 0 radical (unpaired) electrons. The highest BCUT2D eigenvalue weighted by Gasteiger charge is 2.36. The van der Waals surface area contributed by atoms with E-state index < -0.39 is 18.0 Å². The van der Waals surface area contributed by atoms with Crippen LogP contribution in [0.1, 0.15) is 45.1 Å². The lowest BCUT2D eigenvalue weighted by Gasteiger charge is -2.42. The molecule has 0 saturated carbocycles. The predicted molar refractivity (Wildman–Crippen MR) is 125 cm³/mol. The lowest BCUT2D eigenvalue weighted by Crippen LogP contribution is -2.47. The molecule has 2 aromatic rings. The van der Waals surface area contributed by atoms with Crippen molar-refractivity contribution in [2.24, 2.45) is 0 Å². The molecule has 2 aliphatic heterocycles. The van der Waals surface area contributed by atoms with E-state index in [2.05, 4.69) is 11.8 Å². The highest BCUT2D eigenvalue weighted by molar-refractivity contribution is 7.99. The summed E-state index contributed by atoms with van der Waals surface area (Å²) >= 11 is 1.52. The number of ether oxygens (including phenoxy) is 1. The molecule has 2 aromatic carbocycles. The Kier molecular flexibility index (Phi) is 7.29. The average Bonchev–Trinajstić information content (AvgIpc) is 2.78. The first-order valence-corrected chi connectivity index (χ1v) is 12.4. The van der Waals surface area contributed by atoms with Crippen molar-refractivity contribution in [2.45, 2.75) is 67.4 Å². The topological polar surface area (TPSA) is 35.9 Å². The van der Waals surface area contributed by atoms with Gasteiger partial charge in [-0.3, -0.25) is 0 Å². The van der Waals surface area contributed by atoms with E-state index in [9.17, 15) is 18.3 Å². The molecule has 4 rings (SSSR count). The lowest BCUT2D eigenvalue weighted by molar-refractivity contribution is -0.193. The fourth-order valence-electron chi connectivity index (χ4n) is 4.80. The van der Waals surface area contributed by atoms with E-state index in [0.29, 0.717) is 12.2 Å². The van der Waals surface area contributed by atoms with Gasteiger partial charge in [0.25, 0.3) is 0 Å². The van der Waals surface area contributed by atoms with Crippen LogP contribution < -0.4 is 4.90 Å². The van der Waals surface area contributed by atoms with Crippen LogP contribution in [-0.4, -0.2) is 48.1 Å². The second-order valence-corrected chi connectivity index (χ2v) is 9.93. The number of nitrogens with zero attached hydrogens (tertiary/aromatic N) is 2. The van der Waals surface area contributed by atoms with Crippen molar-refractivity contribution in [3.8, 4) is 0 Å². The smallest absolute Gasteiger partial charge is 0.368 e. The Labute approximate surface area is 197 Å². The Morgan fingerprint density at radius 2 is 1.76 bits per heavy atom. The van der Waals surface area contributed by atoms with Gasteiger partial charge in [0.2, 0.25) is 0 Å². The standard InChI is InChI=1S/C25H31F3N2O2S/c1-3-24(32-18(2)31)11-15-29(16-12-24)13-6-14-30-20-7-4-5-8-22(20)33-23-10-9-19(17-21(23)30)25(26,27)28/h4-5,7-10,17-18,31H,3,6,11-16H2,1-2H3. The summed E-state index contributed by atoms with van der Waals surface area (Å²) in [7, 11) is 0. The summed E-state index contributed by atoms with van der Waals surface area (Å²) in [5.41, 5.74) is 0.711. The zero-order valence-corrected chi connectivity index (χ0v) is 19.9. The van der Waals surface area contributed by atoms with Crippen molar-refractivity contribution >= 4 is 23.1 Å². The van der Waals surface area contributed by atoms with Crippen molar-refractivity contribution in [1.29, 1.82) is 0 Å². The molecule has 1 unspecified atom stereocenters. The number of hydrogen-bond acceptors (Lipinski definition) is 5. The number of alkyl halides is 3. The van der Waals surface area contributed by atoms with E-state index in [-0.39, 0.29) is 5.60 Å². The third-order valence-electron chi connectivity index (χ3n) is 6.64. The van der Waals surface area contributed by atoms with Gasteiger partial charge in [0.05, 0.1) is 22.5 Å². The summed E-state index contributed by atoms with van der Waals surface area (Å²) in [6.45, 7) is 7.04. The van der Waals surface area contributed by atoms with Crippen molar-refractivity contribution in [3.63, 3.8) is 0 Å². The Balaban J connectivity index is 1.44. The molecule has 1 saturated heterocycles. The predicted octanol–water partition coefficient (Wildman–Crippen LogP) is 6.30. The third kappa shape index (κ3) is 5.50. The van der Waals surface area contributed by atoms with Crippen LogP contribution in [0.3, 0.4) is 0 Å². The Bertz CT molecular complexity index is 959. The number of benzene rings is 2. The van der Waals surface area contributed by atoms with Crippen molar-refractivity contribution in [2.75, 3.05) is 31.1 Å². The van der Waals surface area contributed by atoms with E-state index in [1.54, 1.807) is 13.0 Å². The minimum Gasteiger partial charge on any atom is -0.368 e. The Hall–Kier alpha value is -1.74. The van der Waals surface area contributed by atoms with Gasteiger partial charge in [-0.2, -0.15) is 13.2 Å². The molecule has 0 aliphatic carbocycles. The molecule has 33 heavy (non-hydrogen) atoms. The normalized spacial score (nSPS) is 19.2. The fourth-order valence-corrected chi connectivity index (χ4v) is 5.88. The van der Waals surface area contributed by atoms with Gasteiger partial charge in [0, 0.05) is 29.4 Å². The maximum atomic E-state index is 13.4. The number of aliphatic hydroxyl groups excluding tert-OH is 1. The third-order valence-corrected chi connectivity index (χ3v) is 7.77. The molecule has 0 amide bonds. The van der Waals surface area contributed by atoms with Gasteiger partial charge in [0.15, 0.2) is 6.29 Å². The van der Waals surface area contributed by atoms with Gasteiger partial charge in [0.1, 0.15) is 0 Å². The minimum atomic E-state index is -4.37. The van der Waals surface area contributed by atoms with Crippen molar-refractivity contribution in [3.05, 3.63) is 48.0 Å². The summed E-state index contributed by atoms with van der Waals surface area (Å²) < 4.78 is 46.0. The fraction of sp³-hybridized carbons (Fsp3) is 0.520. The minimum absolute atomic E-state index is 0.263. The second-order valence-electron chi connectivity index (χ2n) is 8.85. The van der Waals surface area contributed by atoms with Gasteiger partial charge in [-0.05, 0) is 69.5 Å². The number of hydrogen-bond donors (Lipinski definition) is 1. The molecular weight excluding hydrogens is 449 g/mol. The van der Waals surface area contributed by atoms with Crippen LogP contribution in [0.5, 0.6) is 0 Å². The number of halogens is 3. The molecule has 8 heteroatoms. The van der Waals surface area contributed by atoms with Crippen LogP contribution in [-0.2, 0) is 10.9 Å². The SMILES string of the molecule is CCC1(OC(C)O)CCN(CCCN2c3ccccc3Sc3ccc(C(F)(F)F)cc32)CC1. The zero-order chi connectivity index (χ0) is 23.6. The summed E-state index contributed by atoms with van der Waals surface area (Å²) in [6, 6.07) is 11.9.